The molecule has 0 saturated carbocycles. The van der Waals surface area contributed by atoms with Crippen molar-refractivity contribution < 1.29 is 13.9 Å². The molecule has 2 aromatic carbocycles. The Morgan fingerprint density at radius 1 is 1.27 bits per heavy atom. The lowest BCUT2D eigenvalue weighted by Gasteiger charge is -2.13. The third kappa shape index (κ3) is 4.84. The van der Waals surface area contributed by atoms with Crippen LogP contribution in [-0.4, -0.2) is 19.1 Å². The summed E-state index contributed by atoms with van der Waals surface area (Å²) in [5.41, 5.74) is 1.17. The van der Waals surface area contributed by atoms with Crippen LogP contribution in [0, 0.1) is 5.82 Å². The Hall–Kier alpha value is -1.88. The van der Waals surface area contributed by atoms with Crippen LogP contribution < -0.4 is 10.1 Å². The predicted octanol–water partition coefficient (Wildman–Crippen LogP) is 3.89. The highest BCUT2D eigenvalue weighted by molar-refractivity contribution is 9.10. The van der Waals surface area contributed by atoms with Crippen molar-refractivity contribution in [1.82, 2.24) is 5.32 Å². The molecule has 0 saturated heterocycles. The SMILES string of the molecule is C[C@H](CNC(=O)COc1ccc(F)cc1Br)c1ccccc1. The zero-order valence-electron chi connectivity index (χ0n) is 12.2. The highest BCUT2D eigenvalue weighted by Gasteiger charge is 2.09. The van der Waals surface area contributed by atoms with Crippen LogP contribution in [0.1, 0.15) is 18.4 Å². The highest BCUT2D eigenvalue weighted by atomic mass is 79.9. The molecule has 22 heavy (non-hydrogen) atoms. The smallest absolute Gasteiger partial charge is 0.257 e. The van der Waals surface area contributed by atoms with E-state index in [9.17, 15) is 9.18 Å². The average Bonchev–Trinajstić information content (AvgIpc) is 2.52. The van der Waals surface area contributed by atoms with Crippen LogP contribution in [-0.2, 0) is 4.79 Å². The third-order valence-corrected chi connectivity index (χ3v) is 3.85. The van der Waals surface area contributed by atoms with Gasteiger partial charge in [0, 0.05) is 6.54 Å². The first-order valence-corrected chi connectivity index (χ1v) is 7.75. The maximum absolute atomic E-state index is 13.0. The van der Waals surface area contributed by atoms with Crippen molar-refractivity contribution in [2.45, 2.75) is 12.8 Å². The number of hydrogen-bond acceptors (Lipinski definition) is 2. The van der Waals surface area contributed by atoms with E-state index in [0.717, 1.165) is 0 Å². The molecule has 1 atom stereocenters. The molecule has 0 unspecified atom stereocenters. The molecule has 0 aliphatic heterocycles. The molecule has 0 aromatic heterocycles. The van der Waals surface area contributed by atoms with Gasteiger partial charge in [-0.2, -0.15) is 0 Å². The van der Waals surface area contributed by atoms with Gasteiger partial charge in [0.15, 0.2) is 6.61 Å². The van der Waals surface area contributed by atoms with E-state index < -0.39 is 0 Å². The first-order chi connectivity index (χ1) is 10.6. The Kier molecular flexibility index (Phi) is 5.95. The number of rotatable bonds is 6. The molecular weight excluding hydrogens is 349 g/mol. The molecule has 0 aliphatic carbocycles. The molecule has 5 heteroatoms. The Morgan fingerprint density at radius 2 is 2.00 bits per heavy atom. The van der Waals surface area contributed by atoms with Gasteiger partial charge in [0.2, 0.25) is 0 Å². The number of halogens is 2. The Labute approximate surface area is 137 Å². The van der Waals surface area contributed by atoms with Crippen molar-refractivity contribution in [2.24, 2.45) is 0 Å². The van der Waals surface area contributed by atoms with Crippen LogP contribution in [0.2, 0.25) is 0 Å². The Morgan fingerprint density at radius 3 is 2.68 bits per heavy atom. The van der Waals surface area contributed by atoms with Gasteiger partial charge < -0.3 is 10.1 Å². The lowest BCUT2D eigenvalue weighted by molar-refractivity contribution is -0.123. The van der Waals surface area contributed by atoms with E-state index in [1.54, 1.807) is 0 Å². The van der Waals surface area contributed by atoms with Gasteiger partial charge in [-0.25, -0.2) is 4.39 Å². The quantitative estimate of drug-likeness (QED) is 0.843. The van der Waals surface area contributed by atoms with Crippen molar-refractivity contribution in [1.29, 1.82) is 0 Å². The topological polar surface area (TPSA) is 38.3 Å². The zero-order chi connectivity index (χ0) is 15.9. The number of amides is 1. The summed E-state index contributed by atoms with van der Waals surface area (Å²) in [6, 6.07) is 14.0. The van der Waals surface area contributed by atoms with E-state index in [-0.39, 0.29) is 24.2 Å². The van der Waals surface area contributed by atoms with E-state index in [2.05, 4.69) is 21.2 Å². The molecule has 0 aliphatic rings. The summed E-state index contributed by atoms with van der Waals surface area (Å²) in [4.78, 5) is 11.8. The Balaban J connectivity index is 1.78. The van der Waals surface area contributed by atoms with E-state index in [4.69, 9.17) is 4.74 Å². The highest BCUT2D eigenvalue weighted by Crippen LogP contribution is 2.25. The molecular formula is C17H17BrFNO2. The second-order valence-corrected chi connectivity index (χ2v) is 5.83. The van der Waals surface area contributed by atoms with Crippen LogP contribution >= 0.6 is 15.9 Å². The van der Waals surface area contributed by atoms with Crippen LogP contribution in [0.3, 0.4) is 0 Å². The van der Waals surface area contributed by atoms with Gasteiger partial charge >= 0.3 is 0 Å². The van der Waals surface area contributed by atoms with Crippen molar-refractivity contribution >= 4 is 21.8 Å². The normalized spacial score (nSPS) is 11.8. The lowest BCUT2D eigenvalue weighted by atomic mass is 10.0. The first kappa shape index (κ1) is 16.5. The largest absolute Gasteiger partial charge is 0.483 e. The van der Waals surface area contributed by atoms with Crippen LogP contribution in [0.4, 0.5) is 4.39 Å². The number of hydrogen-bond donors (Lipinski definition) is 1. The molecule has 116 valence electrons. The second kappa shape index (κ2) is 7.94. The summed E-state index contributed by atoms with van der Waals surface area (Å²) in [6.07, 6.45) is 0. The molecule has 2 rings (SSSR count). The standard InChI is InChI=1S/C17H17BrFNO2/c1-12(13-5-3-2-4-6-13)10-20-17(21)11-22-16-8-7-14(19)9-15(16)18/h2-9,12H,10-11H2,1H3,(H,20,21)/t12-/m1/s1. The van der Waals surface area contributed by atoms with Gasteiger partial charge in [0.05, 0.1) is 4.47 Å². The number of carbonyl (C=O) groups excluding carboxylic acids is 1. The summed E-state index contributed by atoms with van der Waals surface area (Å²) in [7, 11) is 0. The number of ether oxygens (including phenoxy) is 1. The number of benzene rings is 2. The minimum Gasteiger partial charge on any atom is -0.483 e. The van der Waals surface area contributed by atoms with Gasteiger partial charge in [-0.05, 0) is 45.6 Å². The minimum atomic E-state index is -0.361. The molecule has 1 N–H and O–H groups in total. The fraction of sp³-hybridized carbons (Fsp3) is 0.235. The van der Waals surface area contributed by atoms with Crippen molar-refractivity contribution in [3.63, 3.8) is 0 Å². The molecule has 1 amide bonds. The molecule has 0 heterocycles. The van der Waals surface area contributed by atoms with Crippen molar-refractivity contribution in [3.05, 3.63) is 64.4 Å². The van der Waals surface area contributed by atoms with Crippen molar-refractivity contribution in [2.75, 3.05) is 13.2 Å². The van der Waals surface area contributed by atoms with Crippen molar-refractivity contribution in [3.8, 4) is 5.75 Å². The summed E-state index contributed by atoms with van der Waals surface area (Å²) in [6.45, 7) is 2.48. The van der Waals surface area contributed by atoms with Crippen LogP contribution in [0.25, 0.3) is 0 Å². The maximum atomic E-state index is 13.0. The monoisotopic (exact) mass is 365 g/mol. The maximum Gasteiger partial charge on any atom is 0.257 e. The van der Waals surface area contributed by atoms with E-state index >= 15 is 0 Å². The van der Waals surface area contributed by atoms with Gasteiger partial charge in [-0.3, -0.25) is 4.79 Å². The summed E-state index contributed by atoms with van der Waals surface area (Å²) in [5, 5.41) is 2.83. The molecule has 2 aromatic rings. The molecule has 3 nitrogen and oxygen atoms in total. The third-order valence-electron chi connectivity index (χ3n) is 3.23. The number of carbonyl (C=O) groups is 1. The van der Waals surface area contributed by atoms with E-state index in [1.807, 2.05) is 37.3 Å². The first-order valence-electron chi connectivity index (χ1n) is 6.95. The zero-order valence-corrected chi connectivity index (χ0v) is 13.8. The Bertz CT molecular complexity index is 634. The second-order valence-electron chi connectivity index (χ2n) is 4.98. The van der Waals surface area contributed by atoms with Crippen LogP contribution in [0.5, 0.6) is 5.75 Å². The summed E-state index contributed by atoms with van der Waals surface area (Å²) >= 11 is 3.19. The van der Waals surface area contributed by atoms with Gasteiger partial charge in [-0.15, -0.1) is 0 Å². The molecule has 0 fully saturated rings. The fourth-order valence-corrected chi connectivity index (χ4v) is 2.42. The van der Waals surface area contributed by atoms with Gasteiger partial charge in [0.25, 0.3) is 5.91 Å². The lowest BCUT2D eigenvalue weighted by Crippen LogP contribution is -2.31. The fourth-order valence-electron chi connectivity index (χ4n) is 1.95. The average molecular weight is 366 g/mol. The summed E-state index contributed by atoms with van der Waals surface area (Å²) < 4.78 is 18.8. The summed E-state index contributed by atoms with van der Waals surface area (Å²) in [5.74, 6) is 0.0923. The van der Waals surface area contributed by atoms with Gasteiger partial charge in [0.1, 0.15) is 11.6 Å². The molecule has 0 bridgehead atoms. The molecule has 0 radical (unpaired) electrons. The van der Waals surface area contributed by atoms with Gasteiger partial charge in [-0.1, -0.05) is 37.3 Å². The number of nitrogens with one attached hydrogen (secondary N) is 1. The van der Waals surface area contributed by atoms with Crippen LogP contribution in [0.15, 0.2) is 53.0 Å². The van der Waals surface area contributed by atoms with E-state index in [1.165, 1.54) is 23.8 Å². The van der Waals surface area contributed by atoms with E-state index in [0.29, 0.717) is 16.8 Å². The minimum absolute atomic E-state index is 0.105. The molecule has 0 spiro atoms. The predicted molar refractivity (Wildman–Crippen MR) is 87.5 cm³/mol.